The molecule has 0 spiro atoms. The first-order valence-corrected chi connectivity index (χ1v) is 8.08. The van der Waals surface area contributed by atoms with E-state index in [1.165, 1.54) is 29.2 Å². The molecule has 6 heteroatoms. The molecule has 2 aromatic rings. The van der Waals surface area contributed by atoms with Crippen molar-refractivity contribution in [3.8, 4) is 5.75 Å². The largest absolute Gasteiger partial charge is 0.497 e. The molecule has 2 amide bonds. The van der Waals surface area contributed by atoms with Crippen LogP contribution in [0.1, 0.15) is 23.2 Å². The van der Waals surface area contributed by atoms with Crippen LogP contribution in [-0.4, -0.2) is 37.0 Å². The number of benzene rings is 2. The van der Waals surface area contributed by atoms with Gasteiger partial charge in [0.25, 0.3) is 5.91 Å². The van der Waals surface area contributed by atoms with Crippen LogP contribution in [0.15, 0.2) is 48.5 Å². The topological polar surface area (TPSA) is 49.9 Å². The van der Waals surface area contributed by atoms with Gasteiger partial charge in [-0.3, -0.25) is 14.5 Å². The van der Waals surface area contributed by atoms with Crippen molar-refractivity contribution in [3.63, 3.8) is 0 Å². The van der Waals surface area contributed by atoms with E-state index < -0.39 is 0 Å². The van der Waals surface area contributed by atoms with E-state index in [-0.39, 0.29) is 24.3 Å². The Kier molecular flexibility index (Phi) is 4.97. The van der Waals surface area contributed by atoms with Gasteiger partial charge in [-0.25, -0.2) is 4.39 Å². The average Bonchev–Trinajstić information content (AvgIpc) is 3.05. The monoisotopic (exact) mass is 342 g/mol. The van der Waals surface area contributed by atoms with Crippen molar-refractivity contribution in [2.75, 3.05) is 25.2 Å². The smallest absolute Gasteiger partial charge is 0.259 e. The summed E-state index contributed by atoms with van der Waals surface area (Å²) in [5.74, 6) is 0.0426. The van der Waals surface area contributed by atoms with E-state index in [9.17, 15) is 14.0 Å². The van der Waals surface area contributed by atoms with Gasteiger partial charge in [0.1, 0.15) is 18.2 Å². The number of amides is 2. The number of hydrogen-bond acceptors (Lipinski definition) is 3. The van der Waals surface area contributed by atoms with E-state index in [0.717, 1.165) is 6.42 Å². The van der Waals surface area contributed by atoms with Crippen LogP contribution in [-0.2, 0) is 4.79 Å². The number of ether oxygens (including phenoxy) is 1. The van der Waals surface area contributed by atoms with Gasteiger partial charge in [0.15, 0.2) is 0 Å². The second-order valence-electron chi connectivity index (χ2n) is 5.84. The summed E-state index contributed by atoms with van der Waals surface area (Å²) in [5, 5.41) is 0. The molecular weight excluding hydrogens is 323 g/mol. The number of nitrogens with zero attached hydrogens (tertiary/aromatic N) is 2. The lowest BCUT2D eigenvalue weighted by molar-refractivity contribution is -0.127. The summed E-state index contributed by atoms with van der Waals surface area (Å²) in [6.45, 7) is 0.766. The predicted molar refractivity (Wildman–Crippen MR) is 92.0 cm³/mol. The molecule has 1 heterocycles. The third-order valence-corrected chi connectivity index (χ3v) is 4.20. The average molecular weight is 342 g/mol. The van der Waals surface area contributed by atoms with E-state index >= 15 is 0 Å². The number of methoxy groups -OCH3 is 1. The highest BCUT2D eigenvalue weighted by atomic mass is 19.1. The lowest BCUT2D eigenvalue weighted by Gasteiger charge is -2.28. The van der Waals surface area contributed by atoms with Gasteiger partial charge in [-0.05, 0) is 55.0 Å². The van der Waals surface area contributed by atoms with Crippen LogP contribution in [0.3, 0.4) is 0 Å². The van der Waals surface area contributed by atoms with Crippen molar-refractivity contribution in [1.29, 1.82) is 0 Å². The van der Waals surface area contributed by atoms with Crippen LogP contribution in [0.4, 0.5) is 10.1 Å². The second kappa shape index (κ2) is 7.34. The van der Waals surface area contributed by atoms with Crippen LogP contribution in [0.5, 0.6) is 5.75 Å². The minimum Gasteiger partial charge on any atom is -0.497 e. The van der Waals surface area contributed by atoms with Gasteiger partial charge in [-0.2, -0.15) is 0 Å². The first kappa shape index (κ1) is 17.0. The molecule has 2 aromatic carbocycles. The Labute approximate surface area is 145 Å². The van der Waals surface area contributed by atoms with E-state index in [1.807, 2.05) is 0 Å². The molecule has 1 aliphatic heterocycles. The fraction of sp³-hybridized carbons (Fsp3) is 0.263. The maximum atomic E-state index is 13.2. The van der Waals surface area contributed by atoms with Crippen LogP contribution in [0, 0.1) is 5.82 Å². The van der Waals surface area contributed by atoms with Crippen LogP contribution in [0.2, 0.25) is 0 Å². The van der Waals surface area contributed by atoms with Gasteiger partial charge in [-0.15, -0.1) is 0 Å². The number of rotatable bonds is 5. The third-order valence-electron chi connectivity index (χ3n) is 4.20. The Morgan fingerprint density at radius 1 is 1.16 bits per heavy atom. The molecule has 5 nitrogen and oxygen atoms in total. The molecule has 1 saturated heterocycles. The number of carbonyl (C=O) groups excluding carboxylic acids is 2. The molecule has 0 unspecified atom stereocenters. The molecule has 0 radical (unpaired) electrons. The highest BCUT2D eigenvalue weighted by Crippen LogP contribution is 2.22. The molecule has 0 bridgehead atoms. The molecule has 1 aliphatic rings. The van der Waals surface area contributed by atoms with Gasteiger partial charge in [0.05, 0.1) is 7.11 Å². The zero-order valence-electron chi connectivity index (χ0n) is 13.9. The second-order valence-corrected chi connectivity index (χ2v) is 5.84. The minimum absolute atomic E-state index is 0.0228. The quantitative estimate of drug-likeness (QED) is 0.839. The predicted octanol–water partition coefficient (Wildman–Crippen LogP) is 3.06. The summed E-state index contributed by atoms with van der Waals surface area (Å²) >= 11 is 0. The number of carbonyl (C=O) groups is 2. The number of likely N-dealkylation sites (tertiary alicyclic amines) is 1. The number of halogens is 1. The van der Waals surface area contributed by atoms with Gasteiger partial charge in [-0.1, -0.05) is 0 Å². The maximum Gasteiger partial charge on any atom is 0.259 e. The Balaban J connectivity index is 1.89. The van der Waals surface area contributed by atoms with Crippen LogP contribution < -0.4 is 9.64 Å². The lowest BCUT2D eigenvalue weighted by atomic mass is 10.1. The Bertz CT molecular complexity index is 759. The molecular formula is C19H19FN2O3. The summed E-state index contributed by atoms with van der Waals surface area (Å²) < 4.78 is 18.4. The number of hydrogen-bond donors (Lipinski definition) is 0. The molecule has 25 heavy (non-hydrogen) atoms. The van der Waals surface area contributed by atoms with E-state index in [2.05, 4.69) is 0 Å². The minimum atomic E-state index is -0.377. The molecule has 1 fully saturated rings. The Hall–Kier alpha value is -2.89. The highest BCUT2D eigenvalue weighted by Gasteiger charge is 2.26. The van der Waals surface area contributed by atoms with Crippen LogP contribution >= 0.6 is 0 Å². The van der Waals surface area contributed by atoms with Crippen LogP contribution in [0.25, 0.3) is 0 Å². The van der Waals surface area contributed by atoms with E-state index in [1.54, 1.807) is 36.3 Å². The molecule has 0 atom stereocenters. The van der Waals surface area contributed by atoms with E-state index in [4.69, 9.17) is 4.74 Å². The van der Waals surface area contributed by atoms with Crippen molar-refractivity contribution >= 4 is 17.5 Å². The molecule has 0 saturated carbocycles. The summed E-state index contributed by atoms with van der Waals surface area (Å²) in [7, 11) is 1.56. The number of anilines is 1. The van der Waals surface area contributed by atoms with Gasteiger partial charge in [0, 0.05) is 24.2 Å². The van der Waals surface area contributed by atoms with Gasteiger partial charge >= 0.3 is 0 Å². The zero-order chi connectivity index (χ0) is 17.8. The Morgan fingerprint density at radius 3 is 2.40 bits per heavy atom. The summed E-state index contributed by atoms with van der Waals surface area (Å²) in [6.07, 6.45) is 1.28. The summed E-state index contributed by atoms with van der Waals surface area (Å²) in [5.41, 5.74) is 1.01. The third kappa shape index (κ3) is 3.79. The highest BCUT2D eigenvalue weighted by molar-refractivity contribution is 6.06. The first-order chi connectivity index (χ1) is 12.1. The van der Waals surface area contributed by atoms with Crippen molar-refractivity contribution in [1.82, 2.24) is 4.90 Å². The van der Waals surface area contributed by atoms with Crippen molar-refractivity contribution < 1.29 is 18.7 Å². The fourth-order valence-corrected chi connectivity index (χ4v) is 2.80. The molecule has 0 N–H and O–H groups in total. The van der Waals surface area contributed by atoms with Crippen molar-refractivity contribution in [3.05, 3.63) is 59.9 Å². The van der Waals surface area contributed by atoms with Crippen molar-refractivity contribution in [2.24, 2.45) is 0 Å². The molecule has 3 rings (SSSR count). The van der Waals surface area contributed by atoms with Crippen molar-refractivity contribution in [2.45, 2.75) is 12.8 Å². The maximum absolute atomic E-state index is 13.2. The molecule has 0 aromatic heterocycles. The standard InChI is InChI=1S/C19H19FN2O3/c1-25-17-10-4-14(5-11-17)19(24)22(13-21-12-2-3-18(21)23)16-8-6-15(20)7-9-16/h4-11H,2-3,12-13H2,1H3. The molecule has 0 aliphatic carbocycles. The first-order valence-electron chi connectivity index (χ1n) is 8.08. The SMILES string of the molecule is COc1ccc(C(=O)N(CN2CCCC2=O)c2ccc(F)cc2)cc1. The zero-order valence-corrected chi connectivity index (χ0v) is 13.9. The summed E-state index contributed by atoms with van der Waals surface area (Å²) in [4.78, 5) is 28.1. The molecule has 130 valence electrons. The fourth-order valence-electron chi connectivity index (χ4n) is 2.80. The normalized spacial score (nSPS) is 13.8. The van der Waals surface area contributed by atoms with Gasteiger partial charge < -0.3 is 9.64 Å². The summed E-state index contributed by atoms with van der Waals surface area (Å²) in [6, 6.07) is 12.4. The lowest BCUT2D eigenvalue weighted by Crippen LogP contribution is -2.42. The van der Waals surface area contributed by atoms with Gasteiger partial charge in [0.2, 0.25) is 5.91 Å². The Morgan fingerprint density at radius 2 is 1.84 bits per heavy atom. The van der Waals surface area contributed by atoms with E-state index in [0.29, 0.717) is 30.0 Å².